The molecule has 0 heterocycles. The standard InChI is InChI=1S/C21H36Cl2N.C12H7Cl3O2/c1-4-5-6-7-8-9-10-11-12-16-19-24(2,3)21(22,23)20-17-14-13-15-18-20;13-7-1-3-11(9(15)5-7)17-12-4-2-8(14)6-10(12)16/h13-15,17-18H,4-12,16,19H2,1-3H3;1-6,16H/q+1;/p-1. The van der Waals surface area contributed by atoms with Crippen LogP contribution in [0.2, 0.25) is 15.1 Å². The molecule has 3 aromatic rings. The van der Waals surface area contributed by atoms with Crippen molar-refractivity contribution in [1.29, 1.82) is 0 Å². The summed E-state index contributed by atoms with van der Waals surface area (Å²) < 4.78 is 5.09. The fourth-order valence-electron chi connectivity index (χ4n) is 4.37. The van der Waals surface area contributed by atoms with Crippen LogP contribution in [0.4, 0.5) is 0 Å². The number of rotatable bonds is 15. The van der Waals surface area contributed by atoms with Crippen LogP contribution in [0.5, 0.6) is 17.2 Å². The molecular formula is C33H42Cl5NO2. The van der Waals surface area contributed by atoms with Gasteiger partial charge in [0.25, 0.3) is 4.46 Å². The molecule has 3 aromatic carbocycles. The third kappa shape index (κ3) is 12.4. The van der Waals surface area contributed by atoms with Crippen molar-refractivity contribution in [2.45, 2.75) is 75.6 Å². The minimum Gasteiger partial charge on any atom is -0.870 e. The molecule has 0 radical (unpaired) electrons. The Kier molecular flexibility index (Phi) is 16.1. The first-order valence-electron chi connectivity index (χ1n) is 14.3. The van der Waals surface area contributed by atoms with Gasteiger partial charge in [-0.2, -0.15) is 0 Å². The highest BCUT2D eigenvalue weighted by molar-refractivity contribution is 6.46. The monoisotopic (exact) mass is 659 g/mol. The van der Waals surface area contributed by atoms with Gasteiger partial charge in [0.1, 0.15) is 11.5 Å². The molecule has 0 spiro atoms. The van der Waals surface area contributed by atoms with Gasteiger partial charge in [-0.05, 0) is 84.6 Å². The van der Waals surface area contributed by atoms with Gasteiger partial charge in [-0.1, -0.05) is 117 Å². The van der Waals surface area contributed by atoms with Crippen LogP contribution >= 0.6 is 58.0 Å². The maximum Gasteiger partial charge on any atom is 0.277 e. The first-order valence-corrected chi connectivity index (χ1v) is 16.2. The van der Waals surface area contributed by atoms with E-state index in [2.05, 4.69) is 21.0 Å². The molecule has 0 unspecified atom stereocenters. The van der Waals surface area contributed by atoms with Crippen LogP contribution in [0.25, 0.3) is 0 Å². The zero-order valence-electron chi connectivity index (χ0n) is 24.3. The Balaban J connectivity index is 0.000000303. The third-order valence-electron chi connectivity index (χ3n) is 6.97. The van der Waals surface area contributed by atoms with Gasteiger partial charge < -0.3 is 9.84 Å². The Morgan fingerprint density at radius 2 is 1.20 bits per heavy atom. The second-order valence-corrected chi connectivity index (χ2v) is 13.3. The van der Waals surface area contributed by atoms with Gasteiger partial charge in [0.05, 0.1) is 25.7 Å². The zero-order chi connectivity index (χ0) is 30.3. The largest absolute Gasteiger partial charge is 0.870 e. The number of hydrogen-bond acceptors (Lipinski definition) is 2. The number of ether oxygens (including phenoxy) is 1. The number of alkyl halides is 2. The SMILES string of the molecule is CCCCCCCCCCCC[N+](C)(C)C(Cl)(Cl)c1ccccc1.[O-]c1cc(Cl)ccc1Oc1ccc(Cl)cc1Cl. The van der Waals surface area contributed by atoms with Crippen LogP contribution < -0.4 is 9.84 Å². The molecule has 0 aliphatic carbocycles. The van der Waals surface area contributed by atoms with E-state index in [9.17, 15) is 5.11 Å². The summed E-state index contributed by atoms with van der Waals surface area (Å²) in [5.41, 5.74) is 0.977. The Labute approximate surface area is 271 Å². The molecule has 0 saturated heterocycles. The quantitative estimate of drug-likeness (QED) is 0.0703. The van der Waals surface area contributed by atoms with Crippen molar-refractivity contribution in [2.75, 3.05) is 20.6 Å². The molecule has 8 heteroatoms. The van der Waals surface area contributed by atoms with Crippen LogP contribution in [0.15, 0.2) is 66.7 Å². The van der Waals surface area contributed by atoms with Crippen LogP contribution in [0.1, 0.15) is 76.7 Å². The summed E-state index contributed by atoms with van der Waals surface area (Å²) in [6, 6.07) is 19.1. The molecule has 3 rings (SSSR count). The summed E-state index contributed by atoms with van der Waals surface area (Å²) in [6.45, 7) is 3.27. The molecule has 0 aromatic heterocycles. The summed E-state index contributed by atoms with van der Waals surface area (Å²) in [5.74, 6) is 0.234. The Morgan fingerprint density at radius 1 is 0.683 bits per heavy atom. The molecule has 41 heavy (non-hydrogen) atoms. The number of halogens is 5. The van der Waals surface area contributed by atoms with E-state index in [0.717, 1.165) is 12.1 Å². The second-order valence-electron chi connectivity index (χ2n) is 10.8. The molecular weight excluding hydrogens is 620 g/mol. The first kappa shape index (κ1) is 35.9. The minimum absolute atomic E-state index is 0.165. The van der Waals surface area contributed by atoms with Gasteiger partial charge >= 0.3 is 0 Å². The molecule has 0 aliphatic rings. The van der Waals surface area contributed by atoms with Crippen molar-refractivity contribution in [3.63, 3.8) is 0 Å². The molecule has 0 saturated carbocycles. The third-order valence-corrected chi connectivity index (χ3v) is 9.09. The Morgan fingerprint density at radius 3 is 1.73 bits per heavy atom. The number of hydrogen-bond donors (Lipinski definition) is 0. The molecule has 0 bridgehead atoms. The van der Waals surface area contributed by atoms with E-state index in [1.165, 1.54) is 76.3 Å². The number of unbranched alkanes of at least 4 members (excludes halogenated alkanes) is 9. The highest BCUT2D eigenvalue weighted by Gasteiger charge is 2.43. The lowest BCUT2D eigenvalue weighted by Crippen LogP contribution is -2.51. The normalized spacial score (nSPS) is 11.6. The number of quaternary nitrogens is 1. The maximum atomic E-state index is 11.5. The fourth-order valence-corrected chi connectivity index (χ4v) is 5.40. The predicted octanol–water partition coefficient (Wildman–Crippen LogP) is 11.8. The Bertz CT molecular complexity index is 1120. The average molecular weight is 662 g/mol. The van der Waals surface area contributed by atoms with Crippen molar-refractivity contribution >= 4 is 58.0 Å². The number of benzene rings is 3. The topological polar surface area (TPSA) is 32.3 Å². The molecule has 0 fully saturated rings. The highest BCUT2D eigenvalue weighted by atomic mass is 35.5. The Hall–Kier alpha value is -1.33. The molecule has 0 N–H and O–H groups in total. The van der Waals surface area contributed by atoms with Crippen molar-refractivity contribution in [3.05, 3.63) is 87.4 Å². The smallest absolute Gasteiger partial charge is 0.277 e. The van der Waals surface area contributed by atoms with Gasteiger partial charge in [0, 0.05) is 15.6 Å². The lowest BCUT2D eigenvalue weighted by atomic mass is 10.1. The molecule has 3 nitrogen and oxygen atoms in total. The van der Waals surface area contributed by atoms with E-state index in [-0.39, 0.29) is 11.5 Å². The van der Waals surface area contributed by atoms with E-state index in [1.807, 2.05) is 30.3 Å². The summed E-state index contributed by atoms with van der Waals surface area (Å²) in [6.07, 6.45) is 13.5. The summed E-state index contributed by atoms with van der Waals surface area (Å²) in [5, 5.41) is 12.7. The molecule has 0 atom stereocenters. The highest BCUT2D eigenvalue weighted by Crippen LogP contribution is 2.41. The fraction of sp³-hybridized carbons (Fsp3) is 0.455. The van der Waals surface area contributed by atoms with E-state index in [4.69, 9.17) is 62.7 Å². The van der Waals surface area contributed by atoms with Gasteiger partial charge in [0.2, 0.25) is 0 Å². The van der Waals surface area contributed by atoms with E-state index >= 15 is 0 Å². The minimum atomic E-state index is -0.888. The number of nitrogens with zero attached hydrogens (tertiary/aromatic N) is 1. The molecule has 0 aliphatic heterocycles. The van der Waals surface area contributed by atoms with Crippen LogP contribution in [0, 0.1) is 0 Å². The van der Waals surface area contributed by atoms with Crippen molar-refractivity contribution in [1.82, 2.24) is 0 Å². The van der Waals surface area contributed by atoms with E-state index in [1.54, 1.807) is 24.3 Å². The van der Waals surface area contributed by atoms with Gasteiger partial charge in [-0.15, -0.1) is 0 Å². The van der Waals surface area contributed by atoms with Crippen molar-refractivity contribution < 1.29 is 14.3 Å². The molecule has 0 amide bonds. The predicted molar refractivity (Wildman–Crippen MR) is 176 cm³/mol. The first-order chi connectivity index (χ1) is 19.5. The summed E-state index contributed by atoms with van der Waals surface area (Å²) >= 11 is 30.8. The van der Waals surface area contributed by atoms with Crippen molar-refractivity contribution in [3.8, 4) is 17.2 Å². The van der Waals surface area contributed by atoms with Gasteiger partial charge in [-0.3, -0.25) is 4.48 Å². The summed E-state index contributed by atoms with van der Waals surface area (Å²) in [7, 11) is 4.25. The average Bonchev–Trinajstić information content (AvgIpc) is 2.93. The molecule has 226 valence electrons. The van der Waals surface area contributed by atoms with Gasteiger partial charge in [0.15, 0.2) is 0 Å². The maximum absolute atomic E-state index is 11.5. The second kappa shape index (κ2) is 18.4. The van der Waals surface area contributed by atoms with E-state index in [0.29, 0.717) is 25.3 Å². The zero-order valence-corrected chi connectivity index (χ0v) is 28.1. The lowest BCUT2D eigenvalue weighted by Gasteiger charge is -2.40. The van der Waals surface area contributed by atoms with Crippen molar-refractivity contribution in [2.24, 2.45) is 0 Å². The van der Waals surface area contributed by atoms with Gasteiger partial charge in [-0.25, -0.2) is 0 Å². The lowest BCUT2D eigenvalue weighted by molar-refractivity contribution is -0.920. The van der Waals surface area contributed by atoms with Crippen LogP contribution in [0.3, 0.4) is 0 Å². The summed E-state index contributed by atoms with van der Waals surface area (Å²) in [4.78, 5) is 0. The van der Waals surface area contributed by atoms with Crippen LogP contribution in [-0.2, 0) is 4.46 Å². The van der Waals surface area contributed by atoms with Crippen LogP contribution in [-0.4, -0.2) is 25.1 Å². The van der Waals surface area contributed by atoms with E-state index < -0.39 is 4.46 Å².